The average molecular weight is 206 g/mol. The van der Waals surface area contributed by atoms with Gasteiger partial charge in [-0.15, -0.1) is 6.58 Å². The van der Waals surface area contributed by atoms with Crippen LogP contribution in [0, 0.1) is 0 Å². The summed E-state index contributed by atoms with van der Waals surface area (Å²) in [5.74, 6) is 0.297. The Balaban J connectivity index is 2.71. The summed E-state index contributed by atoms with van der Waals surface area (Å²) in [7, 11) is 0. The highest BCUT2D eigenvalue weighted by atomic mass is 16.5. The van der Waals surface area contributed by atoms with Gasteiger partial charge in [0.05, 0.1) is 6.61 Å². The van der Waals surface area contributed by atoms with E-state index >= 15 is 0 Å². The molecular weight excluding hydrogens is 188 g/mol. The van der Waals surface area contributed by atoms with Gasteiger partial charge in [0.15, 0.2) is 0 Å². The van der Waals surface area contributed by atoms with Gasteiger partial charge in [0, 0.05) is 6.61 Å². The topological polar surface area (TPSA) is 29.5 Å². The van der Waals surface area contributed by atoms with Crippen LogP contribution in [0.25, 0.3) is 0 Å². The first-order chi connectivity index (χ1) is 7.27. The van der Waals surface area contributed by atoms with Gasteiger partial charge in [0.1, 0.15) is 5.75 Å². The Labute approximate surface area is 91.2 Å². The number of phenols is 1. The number of rotatable bonds is 6. The van der Waals surface area contributed by atoms with Gasteiger partial charge in [-0.2, -0.15) is 0 Å². The summed E-state index contributed by atoms with van der Waals surface area (Å²) in [4.78, 5) is 0. The molecule has 0 spiro atoms. The molecule has 2 heteroatoms. The molecular formula is C13H18O2. The summed E-state index contributed by atoms with van der Waals surface area (Å²) in [5.41, 5.74) is 2.21. The quantitative estimate of drug-likeness (QED) is 0.572. The summed E-state index contributed by atoms with van der Waals surface area (Å²) in [6.07, 6.45) is 3.62. The van der Waals surface area contributed by atoms with E-state index in [-0.39, 0.29) is 0 Å². The molecule has 0 aromatic heterocycles. The lowest BCUT2D eigenvalue weighted by molar-refractivity contribution is 0.121. The van der Waals surface area contributed by atoms with Crippen molar-refractivity contribution in [3.63, 3.8) is 0 Å². The second-order valence-electron chi connectivity index (χ2n) is 3.50. The van der Waals surface area contributed by atoms with Crippen LogP contribution in [0.4, 0.5) is 0 Å². The van der Waals surface area contributed by atoms with Gasteiger partial charge in [-0.3, -0.25) is 0 Å². The predicted molar refractivity (Wildman–Crippen MR) is 62.0 cm³/mol. The normalized spacial score (nSPS) is 10.2. The fourth-order valence-electron chi connectivity index (χ4n) is 1.43. The van der Waals surface area contributed by atoms with Gasteiger partial charge >= 0.3 is 0 Å². The van der Waals surface area contributed by atoms with E-state index < -0.39 is 0 Å². The maximum absolute atomic E-state index is 9.36. The number of phenolic OH excluding ortho intramolecular Hbond substituents is 1. The van der Waals surface area contributed by atoms with Crippen molar-refractivity contribution < 1.29 is 9.84 Å². The third kappa shape index (κ3) is 3.76. The number of hydrogen-bond donors (Lipinski definition) is 1. The van der Waals surface area contributed by atoms with Crippen molar-refractivity contribution in [3.05, 3.63) is 42.0 Å². The maximum Gasteiger partial charge on any atom is 0.115 e. The highest BCUT2D eigenvalue weighted by Crippen LogP contribution is 2.18. The van der Waals surface area contributed by atoms with E-state index in [2.05, 4.69) is 13.5 Å². The van der Waals surface area contributed by atoms with Crippen molar-refractivity contribution in [1.82, 2.24) is 0 Å². The van der Waals surface area contributed by atoms with Crippen LogP contribution < -0.4 is 0 Å². The molecule has 82 valence electrons. The van der Waals surface area contributed by atoms with Crippen LogP contribution in [-0.2, 0) is 17.8 Å². The number of benzene rings is 1. The van der Waals surface area contributed by atoms with Crippen molar-refractivity contribution in [2.24, 2.45) is 0 Å². The zero-order valence-electron chi connectivity index (χ0n) is 9.20. The summed E-state index contributed by atoms with van der Waals surface area (Å²) < 4.78 is 5.48. The molecule has 0 aliphatic heterocycles. The van der Waals surface area contributed by atoms with Crippen LogP contribution in [0.15, 0.2) is 30.9 Å². The molecule has 0 atom stereocenters. The van der Waals surface area contributed by atoms with Crippen molar-refractivity contribution in [3.8, 4) is 5.75 Å². The molecule has 1 aromatic rings. The lowest BCUT2D eigenvalue weighted by Crippen LogP contribution is -1.98. The lowest BCUT2D eigenvalue weighted by Gasteiger charge is -2.08. The van der Waals surface area contributed by atoms with Crippen LogP contribution in [-0.4, -0.2) is 11.7 Å². The molecule has 0 unspecified atom stereocenters. The number of hydrogen-bond acceptors (Lipinski definition) is 2. The van der Waals surface area contributed by atoms with Crippen LogP contribution in [0.3, 0.4) is 0 Å². The Morgan fingerprint density at radius 2 is 2.20 bits per heavy atom. The first-order valence-electron chi connectivity index (χ1n) is 5.27. The van der Waals surface area contributed by atoms with Crippen molar-refractivity contribution in [2.75, 3.05) is 6.61 Å². The van der Waals surface area contributed by atoms with Crippen LogP contribution in [0.2, 0.25) is 0 Å². The van der Waals surface area contributed by atoms with Gasteiger partial charge in [-0.05, 0) is 36.1 Å². The Kier molecular flexibility index (Phi) is 4.91. The van der Waals surface area contributed by atoms with E-state index in [1.54, 1.807) is 12.1 Å². The van der Waals surface area contributed by atoms with Crippen LogP contribution in [0.5, 0.6) is 5.75 Å². The third-order valence-corrected chi connectivity index (χ3v) is 2.16. The third-order valence-electron chi connectivity index (χ3n) is 2.16. The van der Waals surface area contributed by atoms with E-state index in [1.807, 2.05) is 12.1 Å². The van der Waals surface area contributed by atoms with Gasteiger partial charge in [-0.25, -0.2) is 0 Å². The summed E-state index contributed by atoms with van der Waals surface area (Å²) >= 11 is 0. The zero-order chi connectivity index (χ0) is 11.1. The molecule has 2 nitrogen and oxygen atoms in total. The molecule has 1 aromatic carbocycles. The standard InChI is InChI=1S/C13H18O2/c1-3-5-11-9-13(14)7-6-12(11)10-15-8-4-2/h3,6-7,9,14H,1,4-5,8,10H2,2H3. The molecule has 0 bridgehead atoms. The van der Waals surface area contributed by atoms with Crippen LogP contribution in [0.1, 0.15) is 24.5 Å². The lowest BCUT2D eigenvalue weighted by atomic mass is 10.0. The Morgan fingerprint density at radius 3 is 2.87 bits per heavy atom. The first-order valence-corrected chi connectivity index (χ1v) is 5.27. The molecule has 0 fully saturated rings. The Morgan fingerprint density at radius 1 is 1.40 bits per heavy atom. The van der Waals surface area contributed by atoms with E-state index in [0.717, 1.165) is 30.6 Å². The monoisotopic (exact) mass is 206 g/mol. The minimum absolute atomic E-state index is 0.297. The number of allylic oxidation sites excluding steroid dienone is 1. The number of aromatic hydroxyl groups is 1. The summed E-state index contributed by atoms with van der Waals surface area (Å²) in [6, 6.07) is 5.37. The molecule has 1 rings (SSSR count). The second-order valence-corrected chi connectivity index (χ2v) is 3.50. The van der Waals surface area contributed by atoms with Gasteiger partial charge < -0.3 is 9.84 Å². The summed E-state index contributed by atoms with van der Waals surface area (Å²) in [6.45, 7) is 7.17. The molecule has 0 saturated carbocycles. The highest BCUT2D eigenvalue weighted by Gasteiger charge is 2.02. The molecule has 0 aliphatic rings. The fourth-order valence-corrected chi connectivity index (χ4v) is 1.43. The average Bonchev–Trinajstić information content (AvgIpc) is 2.22. The Hall–Kier alpha value is -1.28. The van der Waals surface area contributed by atoms with Crippen molar-refractivity contribution >= 4 is 0 Å². The zero-order valence-corrected chi connectivity index (χ0v) is 9.20. The largest absolute Gasteiger partial charge is 0.508 e. The molecule has 1 N–H and O–H groups in total. The Bertz CT molecular complexity index is 318. The number of ether oxygens (including phenoxy) is 1. The molecule has 0 heterocycles. The second kappa shape index (κ2) is 6.25. The van der Waals surface area contributed by atoms with E-state index in [1.165, 1.54) is 0 Å². The fraction of sp³-hybridized carbons (Fsp3) is 0.385. The van der Waals surface area contributed by atoms with Crippen LogP contribution >= 0.6 is 0 Å². The molecule has 0 saturated heterocycles. The molecule has 0 amide bonds. The molecule has 0 radical (unpaired) electrons. The maximum atomic E-state index is 9.36. The van der Waals surface area contributed by atoms with E-state index in [4.69, 9.17) is 4.74 Å². The minimum atomic E-state index is 0.297. The smallest absolute Gasteiger partial charge is 0.115 e. The predicted octanol–water partition coefficient (Wildman–Crippen LogP) is 3.05. The van der Waals surface area contributed by atoms with E-state index in [9.17, 15) is 5.11 Å². The molecule has 15 heavy (non-hydrogen) atoms. The van der Waals surface area contributed by atoms with Gasteiger partial charge in [0.2, 0.25) is 0 Å². The van der Waals surface area contributed by atoms with Crippen molar-refractivity contribution in [2.45, 2.75) is 26.4 Å². The van der Waals surface area contributed by atoms with Crippen molar-refractivity contribution in [1.29, 1.82) is 0 Å². The summed E-state index contributed by atoms with van der Waals surface area (Å²) in [5, 5.41) is 9.36. The molecule has 0 aliphatic carbocycles. The SMILES string of the molecule is C=CCc1cc(O)ccc1COCCC. The van der Waals surface area contributed by atoms with Gasteiger partial charge in [-0.1, -0.05) is 19.1 Å². The first kappa shape index (κ1) is 11.8. The van der Waals surface area contributed by atoms with Gasteiger partial charge in [0.25, 0.3) is 0 Å². The highest BCUT2D eigenvalue weighted by molar-refractivity contribution is 5.35. The minimum Gasteiger partial charge on any atom is -0.508 e. The van der Waals surface area contributed by atoms with E-state index in [0.29, 0.717) is 12.4 Å².